The molecule has 1 aromatic carbocycles. The molecule has 0 radical (unpaired) electrons. The molecule has 1 fully saturated rings. The minimum Gasteiger partial charge on any atom is -0.481 e. The zero-order chi connectivity index (χ0) is 17.3. The van der Waals surface area contributed by atoms with E-state index in [-0.39, 0.29) is 5.91 Å². The molecule has 1 heterocycles. The van der Waals surface area contributed by atoms with Gasteiger partial charge in [-0.1, -0.05) is 30.3 Å². The second-order valence-electron chi connectivity index (χ2n) is 6.34. The van der Waals surface area contributed by atoms with Gasteiger partial charge < -0.3 is 10.4 Å². The molecule has 1 aliphatic carbocycles. The molecule has 0 aliphatic heterocycles. The number of hydrogen-bond acceptors (Lipinski definition) is 3. The predicted octanol–water partition coefficient (Wildman–Crippen LogP) is 1.43. The van der Waals surface area contributed by atoms with E-state index in [4.69, 9.17) is 0 Å². The Bertz CT molecular complexity index is 750. The topological polar surface area (TPSA) is 84.2 Å². The van der Waals surface area contributed by atoms with E-state index < -0.39 is 17.3 Å². The van der Waals surface area contributed by atoms with Gasteiger partial charge in [0.2, 0.25) is 5.91 Å². The molecule has 2 atom stereocenters. The Morgan fingerprint density at radius 1 is 1.38 bits per heavy atom. The number of amides is 1. The van der Waals surface area contributed by atoms with Gasteiger partial charge in [-0.05, 0) is 25.0 Å². The lowest BCUT2D eigenvalue weighted by molar-refractivity contribution is -0.141. The standard InChI is InChI=1S/C18H21N3O3/c1-12-10-14(20-21(12)2)8-9-19-16(22)15-11-18(15,17(23)24)13-6-4-3-5-7-13/h3-7,10,15H,8-9,11H2,1-2H3,(H,19,22)(H,23,24)/t15-,18+/m0/s1. The fourth-order valence-electron chi connectivity index (χ4n) is 3.19. The molecule has 1 amide bonds. The predicted molar refractivity (Wildman–Crippen MR) is 88.5 cm³/mol. The van der Waals surface area contributed by atoms with Gasteiger partial charge in [0.05, 0.1) is 11.6 Å². The number of rotatable bonds is 6. The zero-order valence-corrected chi connectivity index (χ0v) is 13.8. The van der Waals surface area contributed by atoms with E-state index >= 15 is 0 Å². The molecule has 24 heavy (non-hydrogen) atoms. The van der Waals surface area contributed by atoms with Gasteiger partial charge in [-0.15, -0.1) is 0 Å². The van der Waals surface area contributed by atoms with Crippen LogP contribution in [0.25, 0.3) is 0 Å². The molecule has 0 unspecified atom stereocenters. The van der Waals surface area contributed by atoms with Crippen molar-refractivity contribution in [3.8, 4) is 0 Å². The van der Waals surface area contributed by atoms with Crippen molar-refractivity contribution in [1.82, 2.24) is 15.1 Å². The Morgan fingerprint density at radius 3 is 2.67 bits per heavy atom. The number of carboxylic acids is 1. The fourth-order valence-corrected chi connectivity index (χ4v) is 3.19. The Balaban J connectivity index is 1.61. The molecule has 1 aliphatic rings. The van der Waals surface area contributed by atoms with E-state index in [0.717, 1.165) is 11.4 Å². The van der Waals surface area contributed by atoms with Gasteiger partial charge in [0.25, 0.3) is 0 Å². The summed E-state index contributed by atoms with van der Waals surface area (Å²) < 4.78 is 1.79. The molecule has 1 aromatic heterocycles. The second kappa shape index (κ2) is 6.11. The molecule has 0 spiro atoms. The summed E-state index contributed by atoms with van der Waals surface area (Å²) in [6.45, 7) is 2.43. The maximum Gasteiger partial charge on any atom is 0.314 e. The summed E-state index contributed by atoms with van der Waals surface area (Å²) in [5, 5.41) is 16.8. The SMILES string of the molecule is Cc1cc(CCNC(=O)[C@@H]2C[C@@]2(C(=O)O)c2ccccc2)nn1C. The summed E-state index contributed by atoms with van der Waals surface area (Å²) in [4.78, 5) is 24.1. The van der Waals surface area contributed by atoms with Crippen LogP contribution >= 0.6 is 0 Å². The summed E-state index contributed by atoms with van der Waals surface area (Å²) in [5.41, 5.74) is 1.59. The maximum absolute atomic E-state index is 12.4. The van der Waals surface area contributed by atoms with Crippen molar-refractivity contribution >= 4 is 11.9 Å². The molecule has 1 saturated carbocycles. The Hall–Kier alpha value is -2.63. The maximum atomic E-state index is 12.4. The lowest BCUT2D eigenvalue weighted by Gasteiger charge is -2.13. The van der Waals surface area contributed by atoms with Gasteiger partial charge in [0, 0.05) is 25.7 Å². The van der Waals surface area contributed by atoms with Crippen molar-refractivity contribution in [2.75, 3.05) is 6.54 Å². The number of aryl methyl sites for hydroxylation is 2. The van der Waals surface area contributed by atoms with Gasteiger partial charge in [0.15, 0.2) is 0 Å². The van der Waals surface area contributed by atoms with E-state index in [2.05, 4.69) is 10.4 Å². The van der Waals surface area contributed by atoms with Gasteiger partial charge in [-0.25, -0.2) is 0 Å². The van der Waals surface area contributed by atoms with E-state index in [1.165, 1.54) is 0 Å². The largest absolute Gasteiger partial charge is 0.481 e. The van der Waals surface area contributed by atoms with Crippen LogP contribution < -0.4 is 5.32 Å². The lowest BCUT2D eigenvalue weighted by atomic mass is 9.93. The highest BCUT2D eigenvalue weighted by atomic mass is 16.4. The minimum atomic E-state index is -1.08. The van der Waals surface area contributed by atoms with E-state index in [9.17, 15) is 14.7 Å². The number of carbonyl (C=O) groups is 2. The monoisotopic (exact) mass is 327 g/mol. The van der Waals surface area contributed by atoms with E-state index in [1.807, 2.05) is 26.1 Å². The first-order valence-electron chi connectivity index (χ1n) is 8.01. The number of nitrogens with zero attached hydrogens (tertiary/aromatic N) is 2. The molecule has 0 saturated heterocycles. The summed E-state index contributed by atoms with van der Waals surface area (Å²) >= 11 is 0. The van der Waals surface area contributed by atoms with Gasteiger partial charge in [0.1, 0.15) is 5.41 Å². The summed E-state index contributed by atoms with van der Waals surface area (Å²) in [7, 11) is 1.88. The number of carbonyl (C=O) groups excluding carboxylic acids is 1. The van der Waals surface area contributed by atoms with Crippen molar-refractivity contribution in [1.29, 1.82) is 0 Å². The van der Waals surface area contributed by atoms with Crippen LogP contribution in [-0.4, -0.2) is 33.3 Å². The van der Waals surface area contributed by atoms with Crippen LogP contribution in [0.1, 0.15) is 23.4 Å². The lowest BCUT2D eigenvalue weighted by Crippen LogP contribution is -2.33. The molecule has 6 heteroatoms. The molecule has 6 nitrogen and oxygen atoms in total. The molecule has 3 rings (SSSR count). The average molecular weight is 327 g/mol. The third-order valence-corrected chi connectivity index (χ3v) is 4.79. The fraction of sp³-hybridized carbons (Fsp3) is 0.389. The smallest absolute Gasteiger partial charge is 0.314 e. The third-order valence-electron chi connectivity index (χ3n) is 4.79. The van der Waals surface area contributed by atoms with Crippen LogP contribution in [-0.2, 0) is 28.5 Å². The van der Waals surface area contributed by atoms with Crippen LogP contribution in [0, 0.1) is 12.8 Å². The number of nitrogens with one attached hydrogen (secondary N) is 1. The van der Waals surface area contributed by atoms with Crippen molar-refractivity contribution in [3.05, 3.63) is 53.3 Å². The Kier molecular flexibility index (Phi) is 4.13. The van der Waals surface area contributed by atoms with Crippen LogP contribution in [0.2, 0.25) is 0 Å². The van der Waals surface area contributed by atoms with Crippen LogP contribution in [0.5, 0.6) is 0 Å². The van der Waals surface area contributed by atoms with Gasteiger partial charge in [-0.3, -0.25) is 14.3 Å². The number of benzene rings is 1. The molecule has 126 valence electrons. The van der Waals surface area contributed by atoms with E-state index in [1.54, 1.807) is 28.9 Å². The molecule has 2 aromatic rings. The van der Waals surface area contributed by atoms with Crippen molar-refractivity contribution in [2.45, 2.75) is 25.2 Å². The number of carboxylic acid groups (broad SMARTS) is 1. The highest BCUT2D eigenvalue weighted by Crippen LogP contribution is 2.54. The second-order valence-corrected chi connectivity index (χ2v) is 6.34. The summed E-state index contributed by atoms with van der Waals surface area (Å²) in [5.74, 6) is -1.65. The molecule has 0 bridgehead atoms. The quantitative estimate of drug-likeness (QED) is 0.840. The number of aliphatic carboxylic acids is 1. The van der Waals surface area contributed by atoms with Crippen molar-refractivity contribution in [3.63, 3.8) is 0 Å². The first kappa shape index (κ1) is 16.2. The minimum absolute atomic E-state index is 0.200. The number of hydrogen-bond donors (Lipinski definition) is 2. The first-order valence-corrected chi connectivity index (χ1v) is 8.01. The zero-order valence-electron chi connectivity index (χ0n) is 13.8. The van der Waals surface area contributed by atoms with Crippen molar-refractivity contribution < 1.29 is 14.7 Å². The Morgan fingerprint density at radius 2 is 2.08 bits per heavy atom. The normalized spacial score (nSPS) is 22.2. The summed E-state index contributed by atoms with van der Waals surface area (Å²) in [6.07, 6.45) is 0.979. The van der Waals surface area contributed by atoms with Crippen LogP contribution in [0.15, 0.2) is 36.4 Å². The third kappa shape index (κ3) is 2.79. The van der Waals surface area contributed by atoms with Crippen molar-refractivity contribution in [2.24, 2.45) is 13.0 Å². The van der Waals surface area contributed by atoms with Gasteiger partial charge >= 0.3 is 5.97 Å². The molecular formula is C18H21N3O3. The molecular weight excluding hydrogens is 306 g/mol. The Labute approximate surface area is 140 Å². The van der Waals surface area contributed by atoms with E-state index in [0.29, 0.717) is 24.9 Å². The number of aromatic nitrogens is 2. The summed E-state index contributed by atoms with van der Waals surface area (Å²) in [6, 6.07) is 11.0. The van der Waals surface area contributed by atoms with Crippen LogP contribution in [0.4, 0.5) is 0 Å². The highest BCUT2D eigenvalue weighted by molar-refractivity contribution is 5.97. The highest BCUT2D eigenvalue weighted by Gasteiger charge is 2.65. The van der Waals surface area contributed by atoms with Gasteiger partial charge in [-0.2, -0.15) is 5.10 Å². The average Bonchev–Trinajstić information content (AvgIpc) is 3.25. The van der Waals surface area contributed by atoms with Crippen LogP contribution in [0.3, 0.4) is 0 Å². The first-order chi connectivity index (χ1) is 11.4. The molecule has 2 N–H and O–H groups in total.